The summed E-state index contributed by atoms with van der Waals surface area (Å²) in [6.07, 6.45) is 3.20. The predicted octanol–water partition coefficient (Wildman–Crippen LogP) is 3.17. The third kappa shape index (κ3) is 2.88. The molecule has 0 saturated carbocycles. The van der Waals surface area contributed by atoms with Crippen LogP contribution in [0.15, 0.2) is 53.3 Å². The van der Waals surface area contributed by atoms with E-state index >= 15 is 0 Å². The maximum atomic E-state index is 13.0. The van der Waals surface area contributed by atoms with Crippen LogP contribution in [0.5, 0.6) is 11.5 Å². The molecule has 7 heteroatoms. The molecule has 0 N–H and O–H groups in total. The van der Waals surface area contributed by atoms with E-state index in [1.165, 1.54) is 0 Å². The van der Waals surface area contributed by atoms with Crippen LogP contribution in [-0.4, -0.2) is 35.8 Å². The number of anilines is 1. The van der Waals surface area contributed by atoms with Gasteiger partial charge in [0.2, 0.25) is 0 Å². The molecule has 0 fully saturated rings. The Balaban J connectivity index is 1.68. The Labute approximate surface area is 150 Å². The lowest BCUT2D eigenvalue weighted by Crippen LogP contribution is -2.42. The Morgan fingerprint density at radius 1 is 1.31 bits per heavy atom. The zero-order chi connectivity index (χ0) is 18.1. The molecular formula is C19H17N3O4. The van der Waals surface area contributed by atoms with E-state index in [1.54, 1.807) is 54.7 Å². The summed E-state index contributed by atoms with van der Waals surface area (Å²) in [7, 11) is 1.58. The molecule has 0 aliphatic carbocycles. The highest BCUT2D eigenvalue weighted by molar-refractivity contribution is 6.06. The van der Waals surface area contributed by atoms with E-state index in [0.717, 1.165) is 5.56 Å². The Morgan fingerprint density at radius 2 is 2.19 bits per heavy atom. The Morgan fingerprint density at radius 3 is 2.96 bits per heavy atom. The van der Waals surface area contributed by atoms with Gasteiger partial charge in [0, 0.05) is 30.1 Å². The van der Waals surface area contributed by atoms with Gasteiger partial charge in [0.1, 0.15) is 17.6 Å². The zero-order valence-corrected chi connectivity index (χ0v) is 14.4. The van der Waals surface area contributed by atoms with Gasteiger partial charge in [0.25, 0.3) is 5.91 Å². The van der Waals surface area contributed by atoms with Gasteiger partial charge >= 0.3 is 0 Å². The molecule has 1 aliphatic rings. The number of benzene rings is 1. The fourth-order valence-corrected chi connectivity index (χ4v) is 2.90. The van der Waals surface area contributed by atoms with Crippen molar-refractivity contribution >= 4 is 11.6 Å². The minimum absolute atomic E-state index is 0.135. The first kappa shape index (κ1) is 16.1. The molecular weight excluding hydrogens is 334 g/mol. The smallest absolute Gasteiger partial charge is 0.280 e. The van der Waals surface area contributed by atoms with Gasteiger partial charge in [-0.25, -0.2) is 0 Å². The maximum absolute atomic E-state index is 13.0. The van der Waals surface area contributed by atoms with Crippen LogP contribution < -0.4 is 14.4 Å². The van der Waals surface area contributed by atoms with Crippen molar-refractivity contribution in [2.45, 2.75) is 13.0 Å². The SMILES string of the molecule is COc1ccc2c(c1)N(C(=O)c1cc(-c3cccnc3)on1)CC(C)O2. The first-order valence-electron chi connectivity index (χ1n) is 8.19. The van der Waals surface area contributed by atoms with Gasteiger partial charge < -0.3 is 14.0 Å². The van der Waals surface area contributed by atoms with E-state index in [0.29, 0.717) is 29.5 Å². The number of methoxy groups -OCH3 is 1. The molecule has 1 atom stereocenters. The van der Waals surface area contributed by atoms with Crippen LogP contribution >= 0.6 is 0 Å². The van der Waals surface area contributed by atoms with Crippen molar-refractivity contribution in [3.63, 3.8) is 0 Å². The second-order valence-corrected chi connectivity index (χ2v) is 6.00. The van der Waals surface area contributed by atoms with E-state index in [4.69, 9.17) is 14.0 Å². The van der Waals surface area contributed by atoms with Crippen molar-refractivity contribution in [3.05, 3.63) is 54.5 Å². The third-order valence-electron chi connectivity index (χ3n) is 4.15. The number of pyridine rings is 1. The molecule has 1 amide bonds. The summed E-state index contributed by atoms with van der Waals surface area (Å²) in [6, 6.07) is 10.6. The number of hydrogen-bond donors (Lipinski definition) is 0. The maximum Gasteiger partial charge on any atom is 0.280 e. The van der Waals surface area contributed by atoms with Crippen molar-refractivity contribution in [2.75, 3.05) is 18.6 Å². The number of rotatable bonds is 3. The van der Waals surface area contributed by atoms with Gasteiger partial charge in [-0.3, -0.25) is 14.7 Å². The lowest BCUT2D eigenvalue weighted by Gasteiger charge is -2.33. The van der Waals surface area contributed by atoms with Crippen LogP contribution in [0, 0.1) is 0 Å². The summed E-state index contributed by atoms with van der Waals surface area (Å²) in [5.41, 5.74) is 1.64. The Bertz CT molecular complexity index is 939. The fraction of sp³-hybridized carbons (Fsp3) is 0.211. The average Bonchev–Trinajstić information content (AvgIpc) is 3.17. The van der Waals surface area contributed by atoms with Crippen LogP contribution in [0.3, 0.4) is 0 Å². The van der Waals surface area contributed by atoms with Crippen molar-refractivity contribution in [2.24, 2.45) is 0 Å². The number of ether oxygens (including phenoxy) is 2. The van der Waals surface area contributed by atoms with Crippen LogP contribution in [0.1, 0.15) is 17.4 Å². The van der Waals surface area contributed by atoms with Crippen molar-refractivity contribution in [1.29, 1.82) is 0 Å². The highest BCUT2D eigenvalue weighted by atomic mass is 16.5. The highest BCUT2D eigenvalue weighted by Crippen LogP contribution is 2.37. The topological polar surface area (TPSA) is 77.7 Å². The monoisotopic (exact) mass is 351 g/mol. The molecule has 26 heavy (non-hydrogen) atoms. The number of nitrogens with zero attached hydrogens (tertiary/aromatic N) is 3. The molecule has 1 aliphatic heterocycles. The Hall–Kier alpha value is -3.35. The fourth-order valence-electron chi connectivity index (χ4n) is 2.90. The van der Waals surface area contributed by atoms with Crippen LogP contribution in [-0.2, 0) is 0 Å². The van der Waals surface area contributed by atoms with Crippen molar-refractivity contribution in [1.82, 2.24) is 10.1 Å². The molecule has 1 aromatic carbocycles. The number of carbonyl (C=O) groups excluding carboxylic acids is 1. The lowest BCUT2D eigenvalue weighted by molar-refractivity contribution is 0.0952. The van der Waals surface area contributed by atoms with Crippen LogP contribution in [0.2, 0.25) is 0 Å². The van der Waals surface area contributed by atoms with E-state index < -0.39 is 0 Å². The molecule has 3 heterocycles. The van der Waals surface area contributed by atoms with Gasteiger partial charge in [-0.05, 0) is 31.2 Å². The summed E-state index contributed by atoms with van der Waals surface area (Å²) in [5, 5.41) is 3.94. The normalized spacial score (nSPS) is 15.9. The molecule has 7 nitrogen and oxygen atoms in total. The third-order valence-corrected chi connectivity index (χ3v) is 4.15. The summed E-state index contributed by atoms with van der Waals surface area (Å²) in [5.74, 6) is 1.52. The Kier molecular flexibility index (Phi) is 4.04. The number of aromatic nitrogens is 2. The number of amides is 1. The quantitative estimate of drug-likeness (QED) is 0.721. The van der Waals surface area contributed by atoms with Crippen molar-refractivity contribution in [3.8, 4) is 22.8 Å². The highest BCUT2D eigenvalue weighted by Gasteiger charge is 2.30. The second-order valence-electron chi connectivity index (χ2n) is 6.00. The number of carbonyl (C=O) groups is 1. The molecule has 132 valence electrons. The number of fused-ring (bicyclic) bond motifs is 1. The largest absolute Gasteiger partial charge is 0.497 e. The molecule has 2 aromatic heterocycles. The molecule has 0 spiro atoms. The van der Waals surface area contributed by atoms with Crippen molar-refractivity contribution < 1.29 is 18.8 Å². The first-order chi connectivity index (χ1) is 12.7. The van der Waals surface area contributed by atoms with Gasteiger partial charge in [-0.15, -0.1) is 0 Å². The minimum Gasteiger partial charge on any atom is -0.497 e. The summed E-state index contributed by atoms with van der Waals surface area (Å²) < 4.78 is 16.4. The van der Waals surface area contributed by atoms with E-state index in [1.807, 2.05) is 13.0 Å². The standard InChI is InChI=1S/C19H17N3O4/c1-12-11-22(16-8-14(24-2)5-6-17(16)25-12)19(23)15-9-18(26-21-15)13-4-3-7-20-10-13/h3-10,12H,11H2,1-2H3. The van der Waals surface area contributed by atoms with Crippen LogP contribution in [0.4, 0.5) is 5.69 Å². The molecule has 0 radical (unpaired) electrons. The van der Waals surface area contributed by atoms with Gasteiger partial charge in [0.05, 0.1) is 19.3 Å². The van der Waals surface area contributed by atoms with E-state index in [2.05, 4.69) is 10.1 Å². The molecule has 1 unspecified atom stereocenters. The summed E-state index contributed by atoms with van der Waals surface area (Å²) in [4.78, 5) is 18.7. The van der Waals surface area contributed by atoms with Gasteiger partial charge in [-0.1, -0.05) is 5.16 Å². The lowest BCUT2D eigenvalue weighted by atomic mass is 10.1. The first-order valence-corrected chi connectivity index (χ1v) is 8.19. The van der Waals surface area contributed by atoms with Gasteiger partial charge in [-0.2, -0.15) is 0 Å². The molecule has 0 bridgehead atoms. The minimum atomic E-state index is -0.256. The van der Waals surface area contributed by atoms with Crippen LogP contribution in [0.25, 0.3) is 11.3 Å². The average molecular weight is 351 g/mol. The second kappa shape index (κ2) is 6.51. The molecule has 0 saturated heterocycles. The van der Waals surface area contributed by atoms with Gasteiger partial charge in [0.15, 0.2) is 11.5 Å². The summed E-state index contributed by atoms with van der Waals surface area (Å²) >= 11 is 0. The zero-order valence-electron chi connectivity index (χ0n) is 14.4. The van der Waals surface area contributed by atoms with E-state index in [9.17, 15) is 4.79 Å². The number of hydrogen-bond acceptors (Lipinski definition) is 6. The molecule has 3 aromatic rings. The molecule has 4 rings (SSSR count). The van der Waals surface area contributed by atoms with E-state index in [-0.39, 0.29) is 17.7 Å². The predicted molar refractivity (Wildman–Crippen MR) is 94.5 cm³/mol. The summed E-state index contributed by atoms with van der Waals surface area (Å²) in [6.45, 7) is 2.32.